The number of nitrogens with zero attached hydrogens (tertiary/aromatic N) is 3. The fourth-order valence-corrected chi connectivity index (χ4v) is 4.42. The van der Waals surface area contributed by atoms with Crippen LogP contribution in [0.3, 0.4) is 0 Å². The molecule has 9 heteroatoms. The monoisotopic (exact) mass is 392 g/mol. The molecule has 0 bridgehead atoms. The molecule has 8 nitrogen and oxygen atoms in total. The van der Waals surface area contributed by atoms with Gasteiger partial charge in [-0.25, -0.2) is 18.1 Å². The second-order valence-electron chi connectivity index (χ2n) is 6.36. The van der Waals surface area contributed by atoms with Gasteiger partial charge in [-0.1, -0.05) is 0 Å². The van der Waals surface area contributed by atoms with Crippen molar-refractivity contribution in [2.24, 2.45) is 5.92 Å². The van der Waals surface area contributed by atoms with Gasteiger partial charge in [-0.2, -0.15) is 0 Å². The molecule has 0 aliphatic carbocycles. The average molecular weight is 392 g/mol. The number of nitrogens with one attached hydrogen (secondary N) is 1. The van der Waals surface area contributed by atoms with Crippen LogP contribution in [0.25, 0.3) is 0 Å². The molecular weight excluding hydrogens is 368 g/mol. The number of anilines is 1. The Morgan fingerprint density at radius 1 is 1.19 bits per heavy atom. The quantitative estimate of drug-likeness (QED) is 0.766. The Balaban J connectivity index is 1.60. The SMILES string of the molecule is COc1ccc(OC)c(S(=O)(=O)NCC2CCN(c3cnccn3)CC2)c1. The van der Waals surface area contributed by atoms with E-state index in [1.54, 1.807) is 30.7 Å². The number of hydrogen-bond acceptors (Lipinski definition) is 7. The second kappa shape index (κ2) is 8.53. The van der Waals surface area contributed by atoms with Crippen molar-refractivity contribution < 1.29 is 17.9 Å². The van der Waals surface area contributed by atoms with Crippen LogP contribution in [0, 0.1) is 5.92 Å². The Morgan fingerprint density at radius 2 is 1.96 bits per heavy atom. The van der Waals surface area contributed by atoms with Crippen LogP contribution < -0.4 is 19.1 Å². The lowest BCUT2D eigenvalue weighted by atomic mass is 9.97. The highest BCUT2D eigenvalue weighted by Crippen LogP contribution is 2.28. The molecule has 2 heterocycles. The average Bonchev–Trinajstić information content (AvgIpc) is 2.73. The molecule has 1 aliphatic rings. The van der Waals surface area contributed by atoms with Crippen molar-refractivity contribution in [3.8, 4) is 11.5 Å². The van der Waals surface area contributed by atoms with Gasteiger partial charge in [-0.05, 0) is 30.9 Å². The number of hydrogen-bond donors (Lipinski definition) is 1. The lowest BCUT2D eigenvalue weighted by molar-refractivity contribution is 0.388. The zero-order valence-corrected chi connectivity index (χ0v) is 16.3. The number of rotatable bonds is 7. The van der Waals surface area contributed by atoms with Gasteiger partial charge in [0.05, 0.1) is 20.4 Å². The Hall–Kier alpha value is -2.39. The van der Waals surface area contributed by atoms with Gasteiger partial charge in [0.15, 0.2) is 0 Å². The maximum Gasteiger partial charge on any atom is 0.244 e. The summed E-state index contributed by atoms with van der Waals surface area (Å²) in [5.74, 6) is 1.89. The molecular formula is C18H24N4O4S. The molecule has 1 aromatic heterocycles. The first-order chi connectivity index (χ1) is 13.0. The minimum Gasteiger partial charge on any atom is -0.497 e. The van der Waals surface area contributed by atoms with Gasteiger partial charge in [0.2, 0.25) is 10.0 Å². The maximum absolute atomic E-state index is 12.7. The third-order valence-electron chi connectivity index (χ3n) is 4.71. The van der Waals surface area contributed by atoms with Gasteiger partial charge in [0, 0.05) is 38.1 Å². The van der Waals surface area contributed by atoms with Crippen molar-refractivity contribution in [1.29, 1.82) is 0 Å². The molecule has 1 fully saturated rings. The largest absolute Gasteiger partial charge is 0.497 e. The number of methoxy groups -OCH3 is 2. The molecule has 1 aliphatic heterocycles. The summed E-state index contributed by atoms with van der Waals surface area (Å²) < 4.78 is 38.5. The van der Waals surface area contributed by atoms with Crippen LogP contribution in [0.4, 0.5) is 5.82 Å². The van der Waals surface area contributed by atoms with E-state index in [-0.39, 0.29) is 10.8 Å². The molecule has 0 saturated carbocycles. The van der Waals surface area contributed by atoms with Crippen molar-refractivity contribution in [1.82, 2.24) is 14.7 Å². The number of benzene rings is 1. The molecule has 2 aromatic rings. The van der Waals surface area contributed by atoms with E-state index >= 15 is 0 Å². The van der Waals surface area contributed by atoms with E-state index in [0.29, 0.717) is 18.0 Å². The molecule has 0 amide bonds. The second-order valence-corrected chi connectivity index (χ2v) is 8.10. The van der Waals surface area contributed by atoms with Crippen molar-refractivity contribution in [3.63, 3.8) is 0 Å². The smallest absolute Gasteiger partial charge is 0.244 e. The predicted octanol–water partition coefficient (Wildman–Crippen LogP) is 1.69. The minimum atomic E-state index is -3.69. The maximum atomic E-state index is 12.7. The van der Waals surface area contributed by atoms with Crippen molar-refractivity contribution in [2.75, 3.05) is 38.8 Å². The molecule has 0 spiro atoms. The Bertz CT molecular complexity index is 853. The van der Waals surface area contributed by atoms with Crippen LogP contribution in [-0.4, -0.2) is 52.2 Å². The van der Waals surface area contributed by atoms with Crippen LogP contribution in [0.15, 0.2) is 41.7 Å². The minimum absolute atomic E-state index is 0.0846. The van der Waals surface area contributed by atoms with Gasteiger partial charge in [-0.3, -0.25) is 4.98 Å². The third-order valence-corrected chi connectivity index (χ3v) is 6.16. The van der Waals surface area contributed by atoms with Crippen LogP contribution in [0.1, 0.15) is 12.8 Å². The predicted molar refractivity (Wildman–Crippen MR) is 102 cm³/mol. The van der Waals surface area contributed by atoms with E-state index in [2.05, 4.69) is 19.6 Å². The van der Waals surface area contributed by atoms with Gasteiger partial charge in [0.25, 0.3) is 0 Å². The van der Waals surface area contributed by atoms with Gasteiger partial charge in [0.1, 0.15) is 22.2 Å². The summed E-state index contributed by atoms with van der Waals surface area (Å²) in [5, 5.41) is 0. The third kappa shape index (κ3) is 4.67. The van der Waals surface area contributed by atoms with Gasteiger partial charge >= 0.3 is 0 Å². The van der Waals surface area contributed by atoms with Crippen LogP contribution in [0.2, 0.25) is 0 Å². The summed E-state index contributed by atoms with van der Waals surface area (Å²) in [6.07, 6.45) is 6.84. The van der Waals surface area contributed by atoms with Crippen molar-refractivity contribution in [2.45, 2.75) is 17.7 Å². The van der Waals surface area contributed by atoms with Crippen molar-refractivity contribution >= 4 is 15.8 Å². The van der Waals surface area contributed by atoms with Crippen molar-refractivity contribution in [3.05, 3.63) is 36.8 Å². The lowest BCUT2D eigenvalue weighted by Crippen LogP contribution is -2.39. The summed E-state index contributed by atoms with van der Waals surface area (Å²) in [6, 6.07) is 4.73. The Kier molecular flexibility index (Phi) is 6.12. The summed E-state index contributed by atoms with van der Waals surface area (Å²) >= 11 is 0. The highest BCUT2D eigenvalue weighted by Gasteiger charge is 2.25. The van der Waals surface area contributed by atoms with E-state index in [9.17, 15) is 8.42 Å². The van der Waals surface area contributed by atoms with Gasteiger partial charge in [-0.15, -0.1) is 0 Å². The van der Waals surface area contributed by atoms with E-state index in [1.165, 1.54) is 20.3 Å². The molecule has 0 unspecified atom stereocenters. The normalized spacial score (nSPS) is 15.6. The number of aromatic nitrogens is 2. The molecule has 1 saturated heterocycles. The summed E-state index contributed by atoms with van der Waals surface area (Å²) in [7, 11) is -0.748. The number of ether oxygens (including phenoxy) is 2. The topological polar surface area (TPSA) is 93.6 Å². The molecule has 1 aromatic carbocycles. The lowest BCUT2D eigenvalue weighted by Gasteiger charge is -2.32. The first kappa shape index (κ1) is 19.4. The summed E-state index contributed by atoms with van der Waals surface area (Å²) in [5.41, 5.74) is 0. The van der Waals surface area contributed by atoms with Crippen LogP contribution >= 0.6 is 0 Å². The molecule has 3 rings (SSSR count). The Labute approximate surface area is 159 Å². The fraction of sp³-hybridized carbons (Fsp3) is 0.444. The van der Waals surface area contributed by atoms with E-state index < -0.39 is 10.0 Å². The zero-order chi connectivity index (χ0) is 19.3. The first-order valence-electron chi connectivity index (χ1n) is 8.76. The number of piperidine rings is 1. The molecule has 0 atom stereocenters. The molecule has 0 radical (unpaired) electrons. The summed E-state index contributed by atoms with van der Waals surface area (Å²) in [6.45, 7) is 2.04. The standard InChI is InChI=1S/C18H24N4O4S/c1-25-15-3-4-16(26-2)17(11-15)27(23,24)21-12-14-5-9-22(10-6-14)18-13-19-7-8-20-18/h3-4,7-8,11,13-14,21H,5-6,9-10,12H2,1-2H3. The number of sulfonamides is 1. The van der Waals surface area contributed by atoms with E-state index in [0.717, 1.165) is 31.7 Å². The van der Waals surface area contributed by atoms with Crippen LogP contribution in [-0.2, 0) is 10.0 Å². The molecule has 146 valence electrons. The molecule has 27 heavy (non-hydrogen) atoms. The zero-order valence-electron chi connectivity index (χ0n) is 15.5. The van der Waals surface area contributed by atoms with E-state index in [4.69, 9.17) is 9.47 Å². The highest BCUT2D eigenvalue weighted by molar-refractivity contribution is 7.89. The van der Waals surface area contributed by atoms with E-state index in [1.807, 2.05) is 0 Å². The summed E-state index contributed by atoms with van der Waals surface area (Å²) in [4.78, 5) is 10.7. The van der Waals surface area contributed by atoms with Gasteiger partial charge < -0.3 is 14.4 Å². The first-order valence-corrected chi connectivity index (χ1v) is 10.2. The fourth-order valence-electron chi connectivity index (χ4n) is 3.12. The molecule has 1 N–H and O–H groups in total. The Morgan fingerprint density at radius 3 is 2.59 bits per heavy atom. The highest BCUT2D eigenvalue weighted by atomic mass is 32.2. The van der Waals surface area contributed by atoms with Crippen LogP contribution in [0.5, 0.6) is 11.5 Å².